The fourth-order valence-corrected chi connectivity index (χ4v) is 6.00. The van der Waals surface area contributed by atoms with Crippen molar-refractivity contribution in [2.45, 2.75) is 106 Å². The van der Waals surface area contributed by atoms with Gasteiger partial charge in [0.2, 0.25) is 0 Å². The van der Waals surface area contributed by atoms with Gasteiger partial charge in [-0.3, -0.25) is 0 Å². The minimum absolute atomic E-state index is 0.924. The maximum atomic E-state index is 2.57. The van der Waals surface area contributed by atoms with E-state index < -0.39 is 0 Å². The van der Waals surface area contributed by atoms with Gasteiger partial charge < -0.3 is 0 Å². The third-order valence-corrected chi connectivity index (χ3v) is 8.18. The van der Waals surface area contributed by atoms with E-state index in [1.165, 1.54) is 57.8 Å². The predicted octanol–water partition coefficient (Wildman–Crippen LogP) is 7.96. The van der Waals surface area contributed by atoms with E-state index in [1.807, 2.05) is 0 Å². The molecule has 0 bridgehead atoms. The molecule has 2 aliphatic rings. The smallest absolute Gasteiger partial charge is 0.0355 e. The Balaban J connectivity index is 1.86. The van der Waals surface area contributed by atoms with Crippen molar-refractivity contribution in [3.8, 4) is 0 Å². The van der Waals surface area contributed by atoms with Gasteiger partial charge in [0.05, 0.1) is 0 Å². The Morgan fingerprint density at radius 1 is 0.750 bits per heavy atom. The minimum Gasteiger partial charge on any atom is -0.0654 e. The van der Waals surface area contributed by atoms with Gasteiger partial charge in [0.15, 0.2) is 0 Å². The SMILES string of the molecule is CCCC(C)C(C)CCC1CCC(C)C(C2CC(C)CCC2C)C1. The van der Waals surface area contributed by atoms with Crippen LogP contribution < -0.4 is 0 Å². The first-order valence-corrected chi connectivity index (χ1v) is 11.4. The van der Waals surface area contributed by atoms with Crippen molar-refractivity contribution in [2.24, 2.45) is 47.3 Å². The van der Waals surface area contributed by atoms with Gasteiger partial charge in [0.25, 0.3) is 0 Å². The lowest BCUT2D eigenvalue weighted by Gasteiger charge is -2.45. The van der Waals surface area contributed by atoms with E-state index in [0.29, 0.717) is 0 Å². The summed E-state index contributed by atoms with van der Waals surface area (Å²) >= 11 is 0. The molecular weight excluding hydrogens is 288 g/mol. The summed E-state index contributed by atoms with van der Waals surface area (Å²) in [6, 6.07) is 0. The van der Waals surface area contributed by atoms with Crippen molar-refractivity contribution >= 4 is 0 Å². The summed E-state index contributed by atoms with van der Waals surface area (Å²) < 4.78 is 0. The molecule has 2 saturated carbocycles. The van der Waals surface area contributed by atoms with Crippen molar-refractivity contribution in [3.05, 3.63) is 0 Å². The van der Waals surface area contributed by atoms with Crippen molar-refractivity contribution in [2.75, 3.05) is 0 Å². The van der Waals surface area contributed by atoms with Crippen molar-refractivity contribution in [3.63, 3.8) is 0 Å². The molecule has 2 fully saturated rings. The van der Waals surface area contributed by atoms with Crippen LogP contribution >= 0.6 is 0 Å². The molecule has 0 heterocycles. The van der Waals surface area contributed by atoms with Crippen molar-refractivity contribution < 1.29 is 0 Å². The molecule has 8 unspecified atom stereocenters. The van der Waals surface area contributed by atoms with E-state index >= 15 is 0 Å². The van der Waals surface area contributed by atoms with Crippen LogP contribution in [-0.2, 0) is 0 Å². The second kappa shape index (κ2) is 9.63. The van der Waals surface area contributed by atoms with Gasteiger partial charge in [-0.15, -0.1) is 0 Å². The Morgan fingerprint density at radius 3 is 2.00 bits per heavy atom. The normalized spacial score (nSPS) is 40.2. The molecule has 0 radical (unpaired) electrons. The number of hydrogen-bond acceptors (Lipinski definition) is 0. The summed E-state index contributed by atoms with van der Waals surface area (Å²) in [5.41, 5.74) is 0. The second-order valence-corrected chi connectivity index (χ2v) is 10.2. The van der Waals surface area contributed by atoms with E-state index in [-0.39, 0.29) is 0 Å². The van der Waals surface area contributed by atoms with Gasteiger partial charge in [0.1, 0.15) is 0 Å². The molecule has 142 valence electrons. The first-order chi connectivity index (χ1) is 11.4. The molecule has 2 rings (SSSR count). The standard InChI is InChI=1S/C24H46/c1-7-8-18(3)19(4)11-13-22-14-12-21(6)24(16-22)23-15-17(2)9-10-20(23)5/h17-24H,7-16H2,1-6H3. The molecule has 0 heteroatoms. The van der Waals surface area contributed by atoms with Crippen LogP contribution in [0.2, 0.25) is 0 Å². The molecule has 0 aromatic carbocycles. The lowest BCUT2D eigenvalue weighted by molar-refractivity contribution is 0.0527. The highest BCUT2D eigenvalue weighted by Gasteiger charge is 2.38. The highest BCUT2D eigenvalue weighted by atomic mass is 14.4. The van der Waals surface area contributed by atoms with Crippen LogP contribution in [0.3, 0.4) is 0 Å². The number of hydrogen-bond donors (Lipinski definition) is 0. The van der Waals surface area contributed by atoms with Crippen LogP contribution in [0.15, 0.2) is 0 Å². The van der Waals surface area contributed by atoms with Gasteiger partial charge in [-0.1, -0.05) is 92.9 Å². The van der Waals surface area contributed by atoms with Crippen LogP contribution in [0, 0.1) is 47.3 Å². The van der Waals surface area contributed by atoms with E-state index in [9.17, 15) is 0 Å². The van der Waals surface area contributed by atoms with Crippen LogP contribution in [-0.4, -0.2) is 0 Å². The second-order valence-electron chi connectivity index (χ2n) is 10.2. The summed E-state index contributed by atoms with van der Waals surface area (Å²) in [5.74, 6) is 7.89. The lowest BCUT2D eigenvalue weighted by atomic mass is 9.61. The largest absolute Gasteiger partial charge is 0.0654 e. The monoisotopic (exact) mass is 334 g/mol. The molecule has 0 saturated heterocycles. The summed E-state index contributed by atoms with van der Waals surface area (Å²) in [7, 11) is 0. The van der Waals surface area contributed by atoms with Crippen LogP contribution in [0.4, 0.5) is 0 Å². The van der Waals surface area contributed by atoms with Gasteiger partial charge in [0, 0.05) is 0 Å². The van der Waals surface area contributed by atoms with Crippen LogP contribution in [0.1, 0.15) is 106 Å². The highest BCUT2D eigenvalue weighted by molar-refractivity contribution is 4.88. The zero-order valence-corrected chi connectivity index (χ0v) is 17.7. The Labute approximate surface area is 153 Å². The molecular formula is C24H46. The Kier molecular flexibility index (Phi) is 8.15. The molecule has 2 aliphatic carbocycles. The molecule has 0 spiro atoms. The van der Waals surface area contributed by atoms with E-state index in [0.717, 1.165) is 47.3 Å². The van der Waals surface area contributed by atoms with E-state index in [1.54, 1.807) is 6.42 Å². The molecule has 0 aromatic rings. The first kappa shape index (κ1) is 20.3. The highest BCUT2D eigenvalue weighted by Crippen LogP contribution is 2.47. The maximum absolute atomic E-state index is 2.57. The third kappa shape index (κ3) is 5.50. The summed E-state index contributed by atoms with van der Waals surface area (Å²) in [4.78, 5) is 0. The zero-order valence-electron chi connectivity index (χ0n) is 17.7. The molecule has 0 aliphatic heterocycles. The number of rotatable bonds is 7. The molecule has 0 nitrogen and oxygen atoms in total. The quantitative estimate of drug-likeness (QED) is 0.443. The van der Waals surface area contributed by atoms with Crippen molar-refractivity contribution in [1.82, 2.24) is 0 Å². The van der Waals surface area contributed by atoms with E-state index in [2.05, 4.69) is 41.5 Å². The fourth-order valence-electron chi connectivity index (χ4n) is 6.00. The lowest BCUT2D eigenvalue weighted by Crippen LogP contribution is -2.36. The van der Waals surface area contributed by atoms with Crippen LogP contribution in [0.5, 0.6) is 0 Å². The van der Waals surface area contributed by atoms with Crippen molar-refractivity contribution in [1.29, 1.82) is 0 Å². The predicted molar refractivity (Wildman–Crippen MR) is 108 cm³/mol. The van der Waals surface area contributed by atoms with Gasteiger partial charge in [-0.25, -0.2) is 0 Å². The average molecular weight is 335 g/mol. The summed E-state index contributed by atoms with van der Waals surface area (Å²) in [6.45, 7) is 14.9. The third-order valence-electron chi connectivity index (χ3n) is 8.18. The van der Waals surface area contributed by atoms with E-state index in [4.69, 9.17) is 0 Å². The molecule has 24 heavy (non-hydrogen) atoms. The van der Waals surface area contributed by atoms with Crippen LogP contribution in [0.25, 0.3) is 0 Å². The van der Waals surface area contributed by atoms with Gasteiger partial charge in [-0.05, 0) is 60.2 Å². The minimum atomic E-state index is 0.924. The fraction of sp³-hybridized carbons (Fsp3) is 1.00. The Morgan fingerprint density at radius 2 is 1.33 bits per heavy atom. The van der Waals surface area contributed by atoms with Gasteiger partial charge >= 0.3 is 0 Å². The average Bonchev–Trinajstić information content (AvgIpc) is 2.56. The maximum Gasteiger partial charge on any atom is -0.0355 e. The molecule has 8 atom stereocenters. The topological polar surface area (TPSA) is 0 Å². The summed E-state index contributed by atoms with van der Waals surface area (Å²) in [6.07, 6.45) is 14.8. The molecule has 0 aromatic heterocycles. The first-order valence-electron chi connectivity index (χ1n) is 11.4. The zero-order chi connectivity index (χ0) is 17.7. The summed E-state index contributed by atoms with van der Waals surface area (Å²) in [5, 5.41) is 0. The Bertz CT molecular complexity index is 346. The molecule has 0 amide bonds. The van der Waals surface area contributed by atoms with Gasteiger partial charge in [-0.2, -0.15) is 0 Å². The molecule has 0 N–H and O–H groups in total. The Hall–Kier alpha value is 0.